The van der Waals surface area contributed by atoms with Crippen LogP contribution in [-0.2, 0) is 0 Å². The molecule has 0 spiro atoms. The van der Waals surface area contributed by atoms with Crippen LogP contribution < -0.4 is 0 Å². The Morgan fingerprint density at radius 3 is 2.19 bits per heavy atom. The van der Waals surface area contributed by atoms with Crippen LogP contribution in [0.3, 0.4) is 0 Å². The molecule has 94 valence electrons. The zero-order chi connectivity index (χ0) is 11.6. The molecule has 2 aliphatic rings. The number of alkyl halides is 2. The van der Waals surface area contributed by atoms with Gasteiger partial charge in [0.1, 0.15) is 0 Å². The minimum absolute atomic E-state index is 0.0636. The molecule has 1 aliphatic heterocycles. The van der Waals surface area contributed by atoms with E-state index < -0.39 is 5.92 Å². The third-order valence-electron chi connectivity index (χ3n) is 3.91. The van der Waals surface area contributed by atoms with Gasteiger partial charge in [0, 0.05) is 32.5 Å². The fraction of sp³-hybridized carbons (Fsp3) is 1.00. The number of piperidine rings is 1. The molecule has 0 amide bonds. The molecule has 2 nitrogen and oxygen atoms in total. The predicted octanol–water partition coefficient (Wildman–Crippen LogP) is 2.27. The van der Waals surface area contributed by atoms with Gasteiger partial charge in [-0.15, -0.1) is 0 Å². The number of hydrogen-bond acceptors (Lipinski definition) is 2. The molecule has 0 unspecified atom stereocenters. The fourth-order valence-corrected chi connectivity index (χ4v) is 2.75. The first kappa shape index (κ1) is 12.2. The second-order valence-electron chi connectivity index (χ2n) is 5.33. The Labute approximate surface area is 95.6 Å². The van der Waals surface area contributed by atoms with Gasteiger partial charge in [0.05, 0.1) is 6.10 Å². The van der Waals surface area contributed by atoms with Crippen LogP contribution in [0.2, 0.25) is 0 Å². The lowest BCUT2D eigenvalue weighted by Gasteiger charge is -2.35. The third kappa shape index (κ3) is 3.39. The van der Waals surface area contributed by atoms with E-state index >= 15 is 0 Å². The van der Waals surface area contributed by atoms with E-state index in [9.17, 15) is 13.9 Å². The largest absolute Gasteiger partial charge is 0.393 e. The van der Waals surface area contributed by atoms with Gasteiger partial charge in [0.25, 0.3) is 0 Å². The van der Waals surface area contributed by atoms with E-state index in [1.807, 2.05) is 0 Å². The summed E-state index contributed by atoms with van der Waals surface area (Å²) in [5.41, 5.74) is 0. The smallest absolute Gasteiger partial charge is 0.248 e. The first-order chi connectivity index (χ1) is 7.55. The van der Waals surface area contributed by atoms with Crippen molar-refractivity contribution in [3.05, 3.63) is 0 Å². The van der Waals surface area contributed by atoms with Crippen molar-refractivity contribution in [1.29, 1.82) is 0 Å². The summed E-state index contributed by atoms with van der Waals surface area (Å²) in [4.78, 5) is 2.32. The summed E-state index contributed by atoms with van der Waals surface area (Å²) in [7, 11) is 0. The molecule has 0 radical (unpaired) electrons. The number of halogens is 2. The molecule has 1 saturated carbocycles. The Hall–Kier alpha value is -0.220. The second kappa shape index (κ2) is 4.96. The van der Waals surface area contributed by atoms with Gasteiger partial charge in [0.2, 0.25) is 5.92 Å². The maximum atomic E-state index is 13.0. The highest BCUT2D eigenvalue weighted by Crippen LogP contribution is 2.36. The number of rotatable bonds is 2. The van der Waals surface area contributed by atoms with Crippen LogP contribution in [0.4, 0.5) is 8.78 Å². The Bertz CT molecular complexity index is 217. The summed E-state index contributed by atoms with van der Waals surface area (Å²) in [6, 6.07) is 0. The van der Waals surface area contributed by atoms with E-state index in [1.54, 1.807) is 0 Å². The summed E-state index contributed by atoms with van der Waals surface area (Å²) < 4.78 is 25.9. The van der Waals surface area contributed by atoms with Crippen molar-refractivity contribution in [2.24, 2.45) is 5.92 Å². The third-order valence-corrected chi connectivity index (χ3v) is 3.91. The molecule has 2 fully saturated rings. The van der Waals surface area contributed by atoms with Crippen LogP contribution in [0, 0.1) is 5.92 Å². The second-order valence-corrected chi connectivity index (χ2v) is 5.33. The van der Waals surface area contributed by atoms with Crippen LogP contribution in [0.5, 0.6) is 0 Å². The molecular weight excluding hydrogens is 212 g/mol. The molecule has 0 aromatic rings. The highest BCUT2D eigenvalue weighted by molar-refractivity contribution is 4.81. The minimum atomic E-state index is -2.41. The number of nitrogens with zero attached hydrogens (tertiary/aromatic N) is 1. The molecule has 4 heteroatoms. The van der Waals surface area contributed by atoms with Gasteiger partial charge in [-0.2, -0.15) is 0 Å². The maximum absolute atomic E-state index is 13.0. The van der Waals surface area contributed by atoms with Crippen LogP contribution in [-0.4, -0.2) is 41.7 Å². The van der Waals surface area contributed by atoms with Crippen molar-refractivity contribution in [2.75, 3.05) is 19.6 Å². The lowest BCUT2D eigenvalue weighted by Crippen LogP contribution is -2.40. The molecule has 1 saturated heterocycles. The van der Waals surface area contributed by atoms with Gasteiger partial charge in [-0.1, -0.05) is 0 Å². The van der Waals surface area contributed by atoms with E-state index in [4.69, 9.17) is 0 Å². The zero-order valence-electron chi connectivity index (χ0n) is 9.67. The van der Waals surface area contributed by atoms with E-state index in [-0.39, 0.29) is 18.9 Å². The topological polar surface area (TPSA) is 23.5 Å². The molecule has 0 bridgehead atoms. The quantitative estimate of drug-likeness (QED) is 0.791. The van der Waals surface area contributed by atoms with Gasteiger partial charge in [-0.3, -0.25) is 0 Å². The molecule has 1 heterocycles. The molecule has 0 aromatic carbocycles. The van der Waals surface area contributed by atoms with Crippen molar-refractivity contribution < 1.29 is 13.9 Å². The first-order valence-corrected chi connectivity index (χ1v) is 6.33. The predicted molar refractivity (Wildman–Crippen MR) is 58.6 cm³/mol. The SMILES string of the molecule is OC1CCN(CC2CCC(F)(F)CC2)CC1. The molecule has 0 aromatic heterocycles. The lowest BCUT2D eigenvalue weighted by atomic mass is 9.86. The molecule has 0 atom stereocenters. The number of likely N-dealkylation sites (tertiary alicyclic amines) is 1. The summed E-state index contributed by atoms with van der Waals surface area (Å²) in [5.74, 6) is -1.97. The van der Waals surface area contributed by atoms with E-state index in [0.717, 1.165) is 32.5 Å². The minimum Gasteiger partial charge on any atom is -0.393 e. The van der Waals surface area contributed by atoms with E-state index in [0.29, 0.717) is 18.8 Å². The Morgan fingerprint density at radius 1 is 1.06 bits per heavy atom. The number of aliphatic hydroxyl groups excluding tert-OH is 1. The van der Waals surface area contributed by atoms with Crippen molar-refractivity contribution in [1.82, 2.24) is 4.90 Å². The summed E-state index contributed by atoms with van der Waals surface area (Å²) in [6.45, 7) is 2.80. The molecule has 1 N–H and O–H groups in total. The summed E-state index contributed by atoms with van der Waals surface area (Å²) in [5, 5.41) is 9.38. The molecular formula is C12H21F2NO. The van der Waals surface area contributed by atoms with Crippen LogP contribution in [0.25, 0.3) is 0 Å². The van der Waals surface area contributed by atoms with E-state index in [2.05, 4.69) is 4.90 Å². The first-order valence-electron chi connectivity index (χ1n) is 6.33. The summed E-state index contributed by atoms with van der Waals surface area (Å²) in [6.07, 6.45) is 2.97. The molecule has 1 aliphatic carbocycles. The van der Waals surface area contributed by atoms with Gasteiger partial charge < -0.3 is 10.0 Å². The monoisotopic (exact) mass is 233 g/mol. The number of hydrogen-bond donors (Lipinski definition) is 1. The molecule has 2 rings (SSSR count). The van der Waals surface area contributed by atoms with Crippen LogP contribution in [0.15, 0.2) is 0 Å². The lowest BCUT2D eigenvalue weighted by molar-refractivity contribution is -0.0502. The van der Waals surface area contributed by atoms with Gasteiger partial charge in [0.15, 0.2) is 0 Å². The van der Waals surface area contributed by atoms with E-state index in [1.165, 1.54) is 0 Å². The van der Waals surface area contributed by atoms with Crippen molar-refractivity contribution in [2.45, 2.75) is 50.6 Å². The van der Waals surface area contributed by atoms with Crippen LogP contribution in [0.1, 0.15) is 38.5 Å². The van der Waals surface area contributed by atoms with Gasteiger partial charge in [-0.25, -0.2) is 8.78 Å². The fourth-order valence-electron chi connectivity index (χ4n) is 2.75. The Balaban J connectivity index is 1.71. The highest BCUT2D eigenvalue weighted by Gasteiger charge is 2.35. The normalized spacial score (nSPS) is 29.4. The highest BCUT2D eigenvalue weighted by atomic mass is 19.3. The maximum Gasteiger partial charge on any atom is 0.248 e. The average Bonchev–Trinajstić information content (AvgIpc) is 2.24. The van der Waals surface area contributed by atoms with Gasteiger partial charge >= 0.3 is 0 Å². The summed E-state index contributed by atoms with van der Waals surface area (Å²) >= 11 is 0. The zero-order valence-corrected chi connectivity index (χ0v) is 9.67. The Kier molecular flexibility index (Phi) is 3.80. The van der Waals surface area contributed by atoms with Crippen molar-refractivity contribution >= 4 is 0 Å². The van der Waals surface area contributed by atoms with Crippen molar-refractivity contribution in [3.63, 3.8) is 0 Å². The molecule has 16 heavy (non-hydrogen) atoms. The standard InChI is InChI=1S/C12H21F2NO/c13-12(14)5-1-10(2-6-12)9-15-7-3-11(16)4-8-15/h10-11,16H,1-9H2. The average molecular weight is 233 g/mol. The van der Waals surface area contributed by atoms with Gasteiger partial charge in [-0.05, 0) is 31.6 Å². The Morgan fingerprint density at radius 2 is 1.62 bits per heavy atom. The van der Waals surface area contributed by atoms with Crippen molar-refractivity contribution in [3.8, 4) is 0 Å². The number of aliphatic hydroxyl groups is 1. The van der Waals surface area contributed by atoms with Crippen LogP contribution >= 0.6 is 0 Å².